The maximum absolute atomic E-state index is 13.5. The van der Waals surface area contributed by atoms with E-state index in [1.54, 1.807) is 12.1 Å². The number of ether oxygens (including phenoxy) is 1. The number of rotatable bonds is 8. The number of hydrogen-bond donors (Lipinski definition) is 1. The van der Waals surface area contributed by atoms with Crippen molar-refractivity contribution < 1.29 is 14.2 Å². The Bertz CT molecular complexity index is 446. The molecule has 2 nitrogen and oxygen atoms in total. The van der Waals surface area contributed by atoms with Crippen molar-refractivity contribution in [1.82, 2.24) is 0 Å². The Kier molecular flexibility index (Phi) is 8.69. The summed E-state index contributed by atoms with van der Waals surface area (Å²) in [6, 6.07) is 4.85. The molecule has 1 aromatic rings. The molecule has 0 atom stereocenters. The van der Waals surface area contributed by atoms with Crippen molar-refractivity contribution in [2.75, 3.05) is 13.2 Å². The van der Waals surface area contributed by atoms with Gasteiger partial charge in [-0.3, -0.25) is 0 Å². The highest BCUT2D eigenvalue weighted by Gasteiger charge is 2.01. The van der Waals surface area contributed by atoms with E-state index in [9.17, 15) is 4.39 Å². The zero-order valence-corrected chi connectivity index (χ0v) is 12.1. The van der Waals surface area contributed by atoms with Crippen LogP contribution < -0.4 is 0 Å². The molecular weight excluding hydrogens is 255 g/mol. The summed E-state index contributed by atoms with van der Waals surface area (Å²) in [7, 11) is 0. The van der Waals surface area contributed by atoms with Crippen LogP contribution in [-0.2, 0) is 11.3 Å². The van der Waals surface area contributed by atoms with Crippen molar-refractivity contribution in [2.45, 2.75) is 45.6 Å². The second-order valence-corrected chi connectivity index (χ2v) is 4.70. The van der Waals surface area contributed by atoms with Crippen molar-refractivity contribution in [3.8, 4) is 11.8 Å². The number of benzene rings is 1. The van der Waals surface area contributed by atoms with E-state index in [1.807, 2.05) is 0 Å². The molecule has 0 saturated carbocycles. The van der Waals surface area contributed by atoms with Crippen LogP contribution in [0.5, 0.6) is 0 Å². The van der Waals surface area contributed by atoms with Crippen LogP contribution in [0.2, 0.25) is 0 Å². The summed E-state index contributed by atoms with van der Waals surface area (Å²) in [5, 5.41) is 8.66. The number of hydrogen-bond acceptors (Lipinski definition) is 2. The van der Waals surface area contributed by atoms with Crippen LogP contribution >= 0.6 is 0 Å². The lowest BCUT2D eigenvalue weighted by atomic mass is 10.1. The lowest BCUT2D eigenvalue weighted by molar-refractivity contribution is 0.117. The monoisotopic (exact) mass is 278 g/mol. The van der Waals surface area contributed by atoms with Crippen LogP contribution in [0.3, 0.4) is 0 Å². The molecule has 0 aliphatic carbocycles. The first-order valence-electron chi connectivity index (χ1n) is 7.23. The lowest BCUT2D eigenvalue weighted by Crippen LogP contribution is -1.97. The SMILES string of the molecule is CCCCCCOCc1ccc(F)c(C#CCCO)c1. The van der Waals surface area contributed by atoms with Gasteiger partial charge in [0.1, 0.15) is 5.82 Å². The van der Waals surface area contributed by atoms with Crippen molar-refractivity contribution in [3.63, 3.8) is 0 Å². The fourth-order valence-corrected chi connectivity index (χ4v) is 1.79. The van der Waals surface area contributed by atoms with Crippen molar-refractivity contribution in [2.24, 2.45) is 0 Å². The van der Waals surface area contributed by atoms with E-state index in [0.717, 1.165) is 18.6 Å². The average Bonchev–Trinajstić information content (AvgIpc) is 2.46. The fourth-order valence-electron chi connectivity index (χ4n) is 1.79. The quantitative estimate of drug-likeness (QED) is 0.581. The largest absolute Gasteiger partial charge is 0.395 e. The number of halogens is 1. The van der Waals surface area contributed by atoms with Gasteiger partial charge in [-0.25, -0.2) is 4.39 Å². The molecule has 0 bridgehead atoms. The van der Waals surface area contributed by atoms with Crippen LogP contribution in [-0.4, -0.2) is 18.3 Å². The van der Waals surface area contributed by atoms with Gasteiger partial charge in [0.05, 0.1) is 18.8 Å². The molecule has 0 aliphatic heterocycles. The standard InChI is InChI=1S/C17H23FO2/c1-2-3-4-7-12-20-14-15-9-10-17(18)16(13-15)8-5-6-11-19/h9-10,13,19H,2-4,6-7,11-12,14H2,1H3. The maximum atomic E-state index is 13.5. The molecule has 1 aromatic carbocycles. The number of unbranched alkanes of at least 4 members (excludes halogenated alkanes) is 3. The van der Waals surface area contributed by atoms with Gasteiger partial charge < -0.3 is 9.84 Å². The second kappa shape index (κ2) is 10.4. The summed E-state index contributed by atoms with van der Waals surface area (Å²) in [5.41, 5.74) is 1.29. The van der Waals surface area contributed by atoms with E-state index >= 15 is 0 Å². The van der Waals surface area contributed by atoms with Crippen LogP contribution in [0.1, 0.15) is 50.2 Å². The van der Waals surface area contributed by atoms with E-state index in [0.29, 0.717) is 18.6 Å². The van der Waals surface area contributed by atoms with Crippen molar-refractivity contribution >= 4 is 0 Å². The summed E-state index contributed by atoms with van der Waals surface area (Å²) in [6.07, 6.45) is 5.08. The first kappa shape index (κ1) is 16.7. The normalized spacial score (nSPS) is 10.2. The summed E-state index contributed by atoms with van der Waals surface area (Å²) in [5.74, 6) is 5.13. The van der Waals surface area contributed by atoms with Crippen LogP contribution in [0.4, 0.5) is 4.39 Å². The second-order valence-electron chi connectivity index (χ2n) is 4.70. The number of aliphatic hydroxyl groups is 1. The van der Waals surface area contributed by atoms with Gasteiger partial charge in [-0.2, -0.15) is 0 Å². The third kappa shape index (κ3) is 6.70. The fraction of sp³-hybridized carbons (Fsp3) is 0.529. The smallest absolute Gasteiger partial charge is 0.138 e. The molecule has 3 heteroatoms. The van der Waals surface area contributed by atoms with E-state index < -0.39 is 0 Å². The minimum atomic E-state index is -0.331. The molecule has 0 aliphatic rings. The molecule has 0 saturated heterocycles. The van der Waals surface area contributed by atoms with E-state index in [4.69, 9.17) is 9.84 Å². The molecule has 0 radical (unpaired) electrons. The molecule has 0 amide bonds. The van der Waals surface area contributed by atoms with Gasteiger partial charge in [0, 0.05) is 13.0 Å². The molecule has 20 heavy (non-hydrogen) atoms. The molecule has 110 valence electrons. The van der Waals surface area contributed by atoms with E-state index in [1.165, 1.54) is 25.3 Å². The zero-order chi connectivity index (χ0) is 14.6. The zero-order valence-electron chi connectivity index (χ0n) is 12.1. The molecule has 0 unspecified atom stereocenters. The topological polar surface area (TPSA) is 29.5 Å². The van der Waals surface area contributed by atoms with Gasteiger partial charge in [-0.1, -0.05) is 44.1 Å². The predicted molar refractivity (Wildman–Crippen MR) is 78.8 cm³/mol. The Balaban J connectivity index is 2.43. The third-order valence-electron chi connectivity index (χ3n) is 2.90. The van der Waals surface area contributed by atoms with Crippen LogP contribution in [0.15, 0.2) is 18.2 Å². The Labute approximate surface area is 121 Å². The van der Waals surface area contributed by atoms with Crippen molar-refractivity contribution in [3.05, 3.63) is 35.1 Å². The Morgan fingerprint density at radius 2 is 2.10 bits per heavy atom. The highest BCUT2D eigenvalue weighted by atomic mass is 19.1. The predicted octanol–water partition coefficient (Wildman–Crippen LogP) is 3.66. The lowest BCUT2D eigenvalue weighted by Gasteiger charge is -2.05. The van der Waals surface area contributed by atoms with Gasteiger partial charge >= 0.3 is 0 Å². The van der Waals surface area contributed by atoms with Crippen LogP contribution in [0, 0.1) is 17.7 Å². The van der Waals surface area contributed by atoms with Gasteiger partial charge in [-0.05, 0) is 24.1 Å². The molecular formula is C17H23FO2. The summed E-state index contributed by atoms with van der Waals surface area (Å²) < 4.78 is 19.1. The Hall–Kier alpha value is -1.37. The number of aliphatic hydroxyl groups excluding tert-OH is 1. The minimum Gasteiger partial charge on any atom is -0.395 e. The maximum Gasteiger partial charge on any atom is 0.138 e. The summed E-state index contributed by atoms with van der Waals surface area (Å²) in [4.78, 5) is 0. The van der Waals surface area contributed by atoms with Gasteiger partial charge in [0.25, 0.3) is 0 Å². The van der Waals surface area contributed by atoms with Gasteiger partial charge in [0.2, 0.25) is 0 Å². The average molecular weight is 278 g/mol. The molecule has 1 rings (SSSR count). The van der Waals surface area contributed by atoms with E-state index in [-0.39, 0.29) is 12.4 Å². The van der Waals surface area contributed by atoms with E-state index in [2.05, 4.69) is 18.8 Å². The van der Waals surface area contributed by atoms with Crippen molar-refractivity contribution in [1.29, 1.82) is 0 Å². The summed E-state index contributed by atoms with van der Waals surface area (Å²) in [6.45, 7) is 3.40. The highest BCUT2D eigenvalue weighted by molar-refractivity contribution is 5.38. The van der Waals surface area contributed by atoms with Gasteiger partial charge in [-0.15, -0.1) is 0 Å². The molecule has 0 fully saturated rings. The Morgan fingerprint density at radius 1 is 1.25 bits per heavy atom. The van der Waals surface area contributed by atoms with Gasteiger partial charge in [0.15, 0.2) is 0 Å². The first-order chi connectivity index (χ1) is 9.77. The van der Waals surface area contributed by atoms with Crippen LogP contribution in [0.25, 0.3) is 0 Å². The molecule has 1 N–H and O–H groups in total. The molecule has 0 spiro atoms. The molecule has 0 heterocycles. The summed E-state index contributed by atoms with van der Waals surface area (Å²) >= 11 is 0. The third-order valence-corrected chi connectivity index (χ3v) is 2.90. The Morgan fingerprint density at radius 3 is 2.85 bits per heavy atom. The molecule has 0 aromatic heterocycles. The first-order valence-corrected chi connectivity index (χ1v) is 7.23. The minimum absolute atomic E-state index is 0.00478. The highest BCUT2D eigenvalue weighted by Crippen LogP contribution is 2.11.